The molecule has 132 valence electrons. The van der Waals surface area contributed by atoms with Crippen molar-refractivity contribution in [1.82, 2.24) is 5.32 Å². The number of rotatable bonds is 6. The first-order valence-corrected chi connectivity index (χ1v) is 8.16. The normalized spacial score (nSPS) is 10.2. The molecule has 5 heteroatoms. The third-order valence-electron chi connectivity index (χ3n) is 3.99. The van der Waals surface area contributed by atoms with Gasteiger partial charge in [0.1, 0.15) is 12.3 Å². The highest BCUT2D eigenvalue weighted by Crippen LogP contribution is 2.21. The Morgan fingerprint density at radius 3 is 2.48 bits per heavy atom. The summed E-state index contributed by atoms with van der Waals surface area (Å²) >= 11 is 0. The lowest BCUT2D eigenvalue weighted by Gasteiger charge is -2.23. The predicted molar refractivity (Wildman–Crippen MR) is 98.8 cm³/mol. The van der Waals surface area contributed by atoms with E-state index in [1.165, 1.54) is 11.8 Å². The van der Waals surface area contributed by atoms with E-state index < -0.39 is 0 Å². The third-order valence-corrected chi connectivity index (χ3v) is 3.99. The van der Waals surface area contributed by atoms with Crippen LogP contribution in [-0.2, 0) is 16.1 Å². The van der Waals surface area contributed by atoms with Crippen LogP contribution in [0.4, 0.5) is 5.69 Å². The van der Waals surface area contributed by atoms with Crippen LogP contribution in [0, 0.1) is 13.8 Å². The third kappa shape index (κ3) is 4.83. The standard InChI is InChI=1S/C20H24N2O3/c1-14-9-10-18(15(2)11-14)22(16(3)23)13-20(24)21-12-17-7-5-6-8-19(17)25-4/h5-11H,12-13H2,1-4H3,(H,21,24). The van der Waals surface area contributed by atoms with E-state index >= 15 is 0 Å². The van der Waals surface area contributed by atoms with Crippen molar-refractivity contribution in [3.8, 4) is 5.75 Å². The fourth-order valence-electron chi connectivity index (χ4n) is 2.72. The van der Waals surface area contributed by atoms with Gasteiger partial charge in [-0.05, 0) is 31.5 Å². The molecule has 2 aromatic rings. The number of nitrogens with one attached hydrogen (secondary N) is 1. The number of hydrogen-bond acceptors (Lipinski definition) is 3. The lowest BCUT2D eigenvalue weighted by molar-refractivity contribution is -0.123. The Labute approximate surface area is 148 Å². The molecule has 2 amide bonds. The summed E-state index contributed by atoms with van der Waals surface area (Å²) in [4.78, 5) is 25.8. The molecule has 0 heterocycles. The second-order valence-corrected chi connectivity index (χ2v) is 5.98. The zero-order valence-corrected chi connectivity index (χ0v) is 15.1. The predicted octanol–water partition coefficient (Wildman–Crippen LogP) is 2.98. The number of anilines is 1. The van der Waals surface area contributed by atoms with Gasteiger partial charge in [-0.25, -0.2) is 0 Å². The summed E-state index contributed by atoms with van der Waals surface area (Å²) in [7, 11) is 1.60. The van der Waals surface area contributed by atoms with Crippen LogP contribution in [0.1, 0.15) is 23.6 Å². The van der Waals surface area contributed by atoms with Crippen molar-refractivity contribution in [2.24, 2.45) is 0 Å². The van der Waals surface area contributed by atoms with Crippen molar-refractivity contribution < 1.29 is 14.3 Å². The molecule has 1 N–H and O–H groups in total. The Morgan fingerprint density at radius 1 is 1.12 bits per heavy atom. The Morgan fingerprint density at radius 2 is 1.84 bits per heavy atom. The number of amides is 2. The molecule has 25 heavy (non-hydrogen) atoms. The second-order valence-electron chi connectivity index (χ2n) is 5.98. The average Bonchev–Trinajstić information content (AvgIpc) is 2.58. The quantitative estimate of drug-likeness (QED) is 0.879. The summed E-state index contributed by atoms with van der Waals surface area (Å²) in [6.45, 7) is 5.72. The van der Waals surface area contributed by atoms with E-state index in [-0.39, 0.29) is 18.4 Å². The average molecular weight is 340 g/mol. The maximum absolute atomic E-state index is 12.3. The summed E-state index contributed by atoms with van der Waals surface area (Å²) in [5.74, 6) is 0.334. The highest BCUT2D eigenvalue weighted by atomic mass is 16.5. The molecule has 0 spiro atoms. The van der Waals surface area contributed by atoms with Crippen LogP contribution in [0.15, 0.2) is 42.5 Å². The molecule has 0 aliphatic rings. The Kier molecular flexibility index (Phi) is 6.17. The lowest BCUT2D eigenvalue weighted by atomic mass is 10.1. The summed E-state index contributed by atoms with van der Waals surface area (Å²) in [6, 6.07) is 13.3. The van der Waals surface area contributed by atoms with E-state index in [9.17, 15) is 9.59 Å². The summed E-state index contributed by atoms with van der Waals surface area (Å²) < 4.78 is 5.28. The molecule has 0 radical (unpaired) electrons. The minimum absolute atomic E-state index is 0.0195. The van der Waals surface area contributed by atoms with Gasteiger partial charge in [-0.3, -0.25) is 9.59 Å². The van der Waals surface area contributed by atoms with Gasteiger partial charge in [-0.15, -0.1) is 0 Å². The molecule has 0 bridgehead atoms. The number of hydrogen-bond donors (Lipinski definition) is 1. The lowest BCUT2D eigenvalue weighted by Crippen LogP contribution is -2.40. The van der Waals surface area contributed by atoms with Gasteiger partial charge in [0.25, 0.3) is 0 Å². The van der Waals surface area contributed by atoms with E-state index in [0.29, 0.717) is 6.54 Å². The SMILES string of the molecule is COc1ccccc1CNC(=O)CN(C(C)=O)c1ccc(C)cc1C. The summed E-state index contributed by atoms with van der Waals surface area (Å²) in [6.07, 6.45) is 0. The Hall–Kier alpha value is -2.82. The molecule has 0 atom stereocenters. The van der Waals surface area contributed by atoms with Crippen LogP contribution >= 0.6 is 0 Å². The smallest absolute Gasteiger partial charge is 0.240 e. The van der Waals surface area contributed by atoms with Crippen LogP contribution < -0.4 is 15.0 Å². The van der Waals surface area contributed by atoms with Crippen LogP contribution in [0.2, 0.25) is 0 Å². The van der Waals surface area contributed by atoms with Gasteiger partial charge < -0.3 is 15.0 Å². The fourth-order valence-corrected chi connectivity index (χ4v) is 2.72. The Balaban J connectivity index is 2.07. The first-order valence-electron chi connectivity index (χ1n) is 8.16. The largest absolute Gasteiger partial charge is 0.496 e. The molecule has 2 aromatic carbocycles. The fraction of sp³-hybridized carbons (Fsp3) is 0.300. The van der Waals surface area contributed by atoms with Crippen molar-refractivity contribution >= 4 is 17.5 Å². The minimum atomic E-state index is -0.221. The molecule has 5 nitrogen and oxygen atoms in total. The van der Waals surface area contributed by atoms with E-state index in [0.717, 1.165) is 28.1 Å². The van der Waals surface area contributed by atoms with Crippen molar-refractivity contribution in [2.75, 3.05) is 18.6 Å². The van der Waals surface area contributed by atoms with Gasteiger partial charge in [0.15, 0.2) is 0 Å². The zero-order valence-electron chi connectivity index (χ0n) is 15.1. The monoisotopic (exact) mass is 340 g/mol. The summed E-state index contributed by atoms with van der Waals surface area (Å²) in [5.41, 5.74) is 3.72. The number of para-hydroxylation sites is 1. The minimum Gasteiger partial charge on any atom is -0.496 e. The van der Waals surface area contributed by atoms with E-state index in [1.807, 2.05) is 56.3 Å². The van der Waals surface area contributed by atoms with Crippen molar-refractivity contribution in [1.29, 1.82) is 0 Å². The van der Waals surface area contributed by atoms with Crippen LogP contribution in [0.25, 0.3) is 0 Å². The molecular weight excluding hydrogens is 316 g/mol. The van der Waals surface area contributed by atoms with Crippen LogP contribution in [0.5, 0.6) is 5.75 Å². The highest BCUT2D eigenvalue weighted by Gasteiger charge is 2.17. The number of carbonyl (C=O) groups is 2. The molecule has 0 fully saturated rings. The Bertz CT molecular complexity index is 771. The second kappa shape index (κ2) is 8.33. The number of nitrogens with zero attached hydrogens (tertiary/aromatic N) is 1. The van der Waals surface area contributed by atoms with E-state index in [4.69, 9.17) is 4.74 Å². The molecule has 2 rings (SSSR count). The molecule has 0 saturated carbocycles. The number of benzene rings is 2. The highest BCUT2D eigenvalue weighted by molar-refractivity contribution is 5.98. The van der Waals surface area contributed by atoms with Gasteiger partial charge in [0, 0.05) is 24.7 Å². The first-order chi connectivity index (χ1) is 11.9. The topological polar surface area (TPSA) is 58.6 Å². The zero-order chi connectivity index (χ0) is 18.4. The van der Waals surface area contributed by atoms with Gasteiger partial charge in [0.2, 0.25) is 11.8 Å². The number of methoxy groups -OCH3 is 1. The van der Waals surface area contributed by atoms with Gasteiger partial charge in [-0.1, -0.05) is 35.9 Å². The maximum Gasteiger partial charge on any atom is 0.240 e. The van der Waals surface area contributed by atoms with Crippen molar-refractivity contribution in [3.05, 3.63) is 59.2 Å². The molecule has 0 saturated heterocycles. The molecular formula is C20H24N2O3. The van der Waals surface area contributed by atoms with E-state index in [1.54, 1.807) is 7.11 Å². The van der Waals surface area contributed by atoms with Crippen molar-refractivity contribution in [3.63, 3.8) is 0 Å². The molecule has 0 aromatic heterocycles. The molecule has 0 unspecified atom stereocenters. The van der Waals surface area contributed by atoms with Crippen LogP contribution in [-0.4, -0.2) is 25.5 Å². The van der Waals surface area contributed by atoms with Gasteiger partial charge >= 0.3 is 0 Å². The number of aryl methyl sites for hydroxylation is 2. The van der Waals surface area contributed by atoms with Crippen molar-refractivity contribution in [2.45, 2.75) is 27.3 Å². The maximum atomic E-state index is 12.3. The molecule has 0 aliphatic carbocycles. The number of carbonyl (C=O) groups excluding carboxylic acids is 2. The first kappa shape index (κ1) is 18.5. The number of ether oxygens (including phenoxy) is 1. The van der Waals surface area contributed by atoms with E-state index in [2.05, 4.69) is 5.32 Å². The molecule has 0 aliphatic heterocycles. The van der Waals surface area contributed by atoms with Gasteiger partial charge in [-0.2, -0.15) is 0 Å². The van der Waals surface area contributed by atoms with Gasteiger partial charge in [0.05, 0.1) is 7.11 Å². The van der Waals surface area contributed by atoms with Crippen LogP contribution in [0.3, 0.4) is 0 Å². The summed E-state index contributed by atoms with van der Waals surface area (Å²) in [5, 5.41) is 2.85.